The van der Waals surface area contributed by atoms with Crippen molar-refractivity contribution in [2.75, 3.05) is 13.2 Å². The molecular formula is C46H88O6. The van der Waals surface area contributed by atoms with Crippen LogP contribution in [0.25, 0.3) is 0 Å². The number of carbonyl (C=O) groups excluding carboxylic acids is 3. The van der Waals surface area contributed by atoms with E-state index in [0.29, 0.717) is 19.3 Å². The van der Waals surface area contributed by atoms with Crippen LogP contribution >= 0.6 is 0 Å². The van der Waals surface area contributed by atoms with E-state index in [0.717, 1.165) is 69.6 Å². The van der Waals surface area contributed by atoms with Gasteiger partial charge in [-0.2, -0.15) is 0 Å². The van der Waals surface area contributed by atoms with Crippen LogP contribution in [0, 0.1) is 11.8 Å². The van der Waals surface area contributed by atoms with E-state index in [1.807, 2.05) is 0 Å². The first-order chi connectivity index (χ1) is 25.3. The highest BCUT2D eigenvalue weighted by Gasteiger charge is 2.19. The highest BCUT2D eigenvalue weighted by molar-refractivity contribution is 5.71. The molecule has 0 rings (SSSR count). The molecule has 0 spiro atoms. The van der Waals surface area contributed by atoms with E-state index >= 15 is 0 Å². The van der Waals surface area contributed by atoms with Crippen molar-refractivity contribution < 1.29 is 28.6 Å². The molecule has 0 aromatic rings. The van der Waals surface area contributed by atoms with Gasteiger partial charge in [0.1, 0.15) is 13.2 Å². The van der Waals surface area contributed by atoms with Gasteiger partial charge in [-0.25, -0.2) is 0 Å². The molecule has 0 aromatic heterocycles. The van der Waals surface area contributed by atoms with E-state index in [4.69, 9.17) is 14.2 Å². The van der Waals surface area contributed by atoms with Crippen LogP contribution in [0.2, 0.25) is 0 Å². The number of ether oxygens (including phenoxy) is 3. The quantitative estimate of drug-likeness (QED) is 0.0354. The van der Waals surface area contributed by atoms with E-state index in [2.05, 4.69) is 34.6 Å². The molecule has 52 heavy (non-hydrogen) atoms. The second kappa shape index (κ2) is 39.1. The molecule has 0 aliphatic heterocycles. The minimum absolute atomic E-state index is 0.0655. The van der Waals surface area contributed by atoms with Crippen LogP contribution < -0.4 is 0 Å². The second-order valence-electron chi connectivity index (χ2n) is 16.4. The second-order valence-corrected chi connectivity index (χ2v) is 16.4. The molecule has 0 aliphatic carbocycles. The minimum Gasteiger partial charge on any atom is -0.462 e. The fourth-order valence-corrected chi connectivity index (χ4v) is 6.72. The summed E-state index contributed by atoms with van der Waals surface area (Å²) in [5.41, 5.74) is 0. The van der Waals surface area contributed by atoms with Crippen molar-refractivity contribution in [2.45, 2.75) is 253 Å². The standard InChI is InChI=1S/C46H88O6/c1-6-8-9-10-11-12-13-14-17-20-26-31-36-44(47)50-39-43(40-51-45(48)37-32-27-23-22-25-30-35-42(5)7-2)52-46(49)38-33-28-21-18-15-16-19-24-29-34-41(3)4/h41-43H,6-40H2,1-5H3/t42?,43-/m0/s1. The third kappa shape index (κ3) is 38.1. The molecule has 0 saturated heterocycles. The molecule has 0 amide bonds. The van der Waals surface area contributed by atoms with Crippen LogP contribution in [0.5, 0.6) is 0 Å². The van der Waals surface area contributed by atoms with E-state index in [9.17, 15) is 14.4 Å². The van der Waals surface area contributed by atoms with Crippen LogP contribution in [-0.4, -0.2) is 37.2 Å². The lowest BCUT2D eigenvalue weighted by Gasteiger charge is -2.18. The summed E-state index contributed by atoms with van der Waals surface area (Å²) >= 11 is 0. The van der Waals surface area contributed by atoms with E-state index in [1.54, 1.807) is 0 Å². The van der Waals surface area contributed by atoms with Gasteiger partial charge in [0.25, 0.3) is 0 Å². The van der Waals surface area contributed by atoms with Crippen LogP contribution in [0.4, 0.5) is 0 Å². The molecule has 2 atom stereocenters. The van der Waals surface area contributed by atoms with E-state index in [1.165, 1.54) is 135 Å². The van der Waals surface area contributed by atoms with Gasteiger partial charge < -0.3 is 14.2 Å². The number of hydrogen-bond acceptors (Lipinski definition) is 6. The third-order valence-electron chi connectivity index (χ3n) is 10.6. The summed E-state index contributed by atoms with van der Waals surface area (Å²) in [4.78, 5) is 37.7. The highest BCUT2D eigenvalue weighted by atomic mass is 16.6. The Bertz CT molecular complexity index is 796. The van der Waals surface area contributed by atoms with Crippen LogP contribution in [0.1, 0.15) is 247 Å². The van der Waals surface area contributed by atoms with Crippen molar-refractivity contribution in [3.8, 4) is 0 Å². The SMILES string of the molecule is CCCCCCCCCCCCCCC(=O)OC[C@@H](COC(=O)CCCCCCCCC(C)CC)OC(=O)CCCCCCCCCCCC(C)C. The lowest BCUT2D eigenvalue weighted by Crippen LogP contribution is -2.30. The zero-order valence-corrected chi connectivity index (χ0v) is 35.4. The van der Waals surface area contributed by atoms with Gasteiger partial charge >= 0.3 is 17.9 Å². The molecule has 1 unspecified atom stereocenters. The van der Waals surface area contributed by atoms with Crippen molar-refractivity contribution >= 4 is 17.9 Å². The molecule has 0 heterocycles. The summed E-state index contributed by atoms with van der Waals surface area (Å²) in [7, 11) is 0. The summed E-state index contributed by atoms with van der Waals surface area (Å²) in [6.07, 6.45) is 36.6. The molecule has 0 saturated carbocycles. The first-order valence-electron chi connectivity index (χ1n) is 22.8. The average molecular weight is 737 g/mol. The van der Waals surface area contributed by atoms with Gasteiger partial charge in [0.05, 0.1) is 0 Å². The van der Waals surface area contributed by atoms with Crippen molar-refractivity contribution in [3.05, 3.63) is 0 Å². The topological polar surface area (TPSA) is 78.9 Å². The maximum atomic E-state index is 12.7. The van der Waals surface area contributed by atoms with Crippen LogP contribution in [0.15, 0.2) is 0 Å². The lowest BCUT2D eigenvalue weighted by atomic mass is 10.00. The highest BCUT2D eigenvalue weighted by Crippen LogP contribution is 2.17. The Morgan fingerprint density at radius 3 is 1.10 bits per heavy atom. The Morgan fingerprint density at radius 2 is 0.731 bits per heavy atom. The molecule has 0 aromatic carbocycles. The van der Waals surface area contributed by atoms with Crippen molar-refractivity contribution in [2.24, 2.45) is 11.8 Å². The molecule has 6 heteroatoms. The zero-order valence-electron chi connectivity index (χ0n) is 35.4. The Hall–Kier alpha value is -1.59. The Kier molecular flexibility index (Phi) is 37.9. The Balaban J connectivity index is 4.35. The first kappa shape index (κ1) is 50.4. The molecule has 0 fully saturated rings. The van der Waals surface area contributed by atoms with Crippen molar-refractivity contribution in [1.29, 1.82) is 0 Å². The van der Waals surface area contributed by atoms with Gasteiger partial charge in [-0.3, -0.25) is 14.4 Å². The molecule has 6 nitrogen and oxygen atoms in total. The van der Waals surface area contributed by atoms with Gasteiger partial charge in [-0.05, 0) is 31.1 Å². The van der Waals surface area contributed by atoms with E-state index in [-0.39, 0.29) is 31.1 Å². The Morgan fingerprint density at radius 1 is 0.404 bits per heavy atom. The van der Waals surface area contributed by atoms with Crippen LogP contribution in [-0.2, 0) is 28.6 Å². The van der Waals surface area contributed by atoms with Crippen molar-refractivity contribution in [3.63, 3.8) is 0 Å². The number of rotatable bonds is 40. The maximum Gasteiger partial charge on any atom is 0.306 e. The van der Waals surface area contributed by atoms with Gasteiger partial charge in [0.2, 0.25) is 0 Å². The minimum atomic E-state index is -0.761. The average Bonchev–Trinajstić information content (AvgIpc) is 3.12. The smallest absolute Gasteiger partial charge is 0.306 e. The molecule has 0 bridgehead atoms. The maximum absolute atomic E-state index is 12.7. The number of hydrogen-bond donors (Lipinski definition) is 0. The summed E-state index contributed by atoms with van der Waals surface area (Å²) in [5, 5.41) is 0. The van der Waals surface area contributed by atoms with Gasteiger partial charge in [-0.15, -0.1) is 0 Å². The monoisotopic (exact) mass is 737 g/mol. The van der Waals surface area contributed by atoms with Gasteiger partial charge in [0.15, 0.2) is 6.10 Å². The van der Waals surface area contributed by atoms with Crippen molar-refractivity contribution in [1.82, 2.24) is 0 Å². The van der Waals surface area contributed by atoms with Gasteiger partial charge in [-0.1, -0.05) is 208 Å². The van der Waals surface area contributed by atoms with E-state index < -0.39 is 6.10 Å². The first-order valence-corrected chi connectivity index (χ1v) is 22.8. The molecule has 0 aliphatic rings. The molecule has 0 radical (unpaired) electrons. The predicted octanol–water partition coefficient (Wildman–Crippen LogP) is 14.2. The number of carbonyl (C=O) groups is 3. The predicted molar refractivity (Wildman–Crippen MR) is 220 cm³/mol. The normalized spacial score (nSPS) is 12.6. The largest absolute Gasteiger partial charge is 0.462 e. The summed E-state index contributed by atoms with van der Waals surface area (Å²) in [6.45, 7) is 11.3. The molecule has 308 valence electrons. The number of esters is 3. The Labute approximate surface area is 323 Å². The molecular weight excluding hydrogens is 648 g/mol. The van der Waals surface area contributed by atoms with Gasteiger partial charge in [0, 0.05) is 19.3 Å². The molecule has 0 N–H and O–H groups in total. The fraction of sp³-hybridized carbons (Fsp3) is 0.935. The number of unbranched alkanes of at least 4 members (excludes halogenated alkanes) is 24. The summed E-state index contributed by atoms with van der Waals surface area (Å²) < 4.78 is 16.7. The summed E-state index contributed by atoms with van der Waals surface area (Å²) in [6, 6.07) is 0. The lowest BCUT2D eigenvalue weighted by molar-refractivity contribution is -0.167. The zero-order chi connectivity index (χ0) is 38.3. The summed E-state index contributed by atoms with van der Waals surface area (Å²) in [5.74, 6) is 0.759. The third-order valence-corrected chi connectivity index (χ3v) is 10.6. The fourth-order valence-electron chi connectivity index (χ4n) is 6.72. The van der Waals surface area contributed by atoms with Crippen LogP contribution in [0.3, 0.4) is 0 Å².